The summed E-state index contributed by atoms with van der Waals surface area (Å²) in [5.41, 5.74) is 8.01. The van der Waals surface area contributed by atoms with E-state index in [-0.39, 0.29) is 0 Å². The molecule has 28 heavy (non-hydrogen) atoms. The van der Waals surface area contributed by atoms with Gasteiger partial charge in [0.05, 0.1) is 10.2 Å². The number of para-hydroxylation sites is 1. The van der Waals surface area contributed by atoms with Gasteiger partial charge in [-0.3, -0.25) is 0 Å². The fraction of sp³-hybridized carbons (Fsp3) is 0.458. The molecule has 3 aliphatic heterocycles. The SMILES string of the molecule is CCC.Nc1nc2ccccc2s1.c1ccc(C[C@H]2CN3CCC2CC3)cc1. The molecular formula is C24H33N3S. The lowest BCUT2D eigenvalue weighted by atomic mass is 9.76. The third kappa shape index (κ3) is 5.79. The fourth-order valence-electron chi connectivity index (χ4n) is 4.13. The Morgan fingerprint density at radius 2 is 1.64 bits per heavy atom. The lowest BCUT2D eigenvalue weighted by molar-refractivity contribution is 0.0512. The van der Waals surface area contributed by atoms with Crippen molar-refractivity contribution in [2.45, 2.75) is 39.5 Å². The van der Waals surface area contributed by atoms with Gasteiger partial charge in [-0.2, -0.15) is 0 Å². The van der Waals surface area contributed by atoms with Crippen molar-refractivity contribution in [1.82, 2.24) is 9.88 Å². The molecule has 0 amide bonds. The van der Waals surface area contributed by atoms with Crippen molar-refractivity contribution >= 4 is 26.7 Å². The van der Waals surface area contributed by atoms with E-state index in [1.54, 1.807) is 0 Å². The van der Waals surface area contributed by atoms with Crippen LogP contribution in [-0.4, -0.2) is 29.5 Å². The van der Waals surface area contributed by atoms with Crippen LogP contribution in [0.1, 0.15) is 38.7 Å². The van der Waals surface area contributed by atoms with E-state index in [9.17, 15) is 0 Å². The Balaban J connectivity index is 0.000000150. The van der Waals surface area contributed by atoms with Crippen molar-refractivity contribution in [2.24, 2.45) is 11.8 Å². The number of nitrogens with two attached hydrogens (primary N) is 1. The van der Waals surface area contributed by atoms with Crippen LogP contribution in [0.25, 0.3) is 10.2 Å². The molecule has 0 radical (unpaired) electrons. The van der Waals surface area contributed by atoms with E-state index in [0.717, 1.165) is 22.1 Å². The van der Waals surface area contributed by atoms with Crippen LogP contribution in [0.15, 0.2) is 54.6 Å². The van der Waals surface area contributed by atoms with Gasteiger partial charge >= 0.3 is 0 Å². The van der Waals surface area contributed by atoms with Crippen molar-refractivity contribution in [3.05, 3.63) is 60.2 Å². The molecule has 3 nitrogen and oxygen atoms in total. The second kappa shape index (κ2) is 10.6. The molecule has 0 spiro atoms. The summed E-state index contributed by atoms with van der Waals surface area (Å²) in [5, 5.41) is 0.640. The summed E-state index contributed by atoms with van der Waals surface area (Å²) in [6.45, 7) is 8.31. The first-order valence-corrected chi connectivity index (χ1v) is 11.4. The number of thiazole rings is 1. The molecule has 6 rings (SSSR count). The molecule has 2 bridgehead atoms. The minimum Gasteiger partial charge on any atom is -0.375 e. The van der Waals surface area contributed by atoms with E-state index in [2.05, 4.69) is 54.1 Å². The van der Waals surface area contributed by atoms with Crippen LogP contribution in [0.5, 0.6) is 0 Å². The van der Waals surface area contributed by atoms with Crippen LogP contribution in [-0.2, 0) is 6.42 Å². The first-order valence-electron chi connectivity index (χ1n) is 10.6. The zero-order chi connectivity index (χ0) is 19.8. The van der Waals surface area contributed by atoms with E-state index in [1.807, 2.05) is 24.3 Å². The summed E-state index contributed by atoms with van der Waals surface area (Å²) in [5.74, 6) is 1.94. The zero-order valence-corrected chi connectivity index (χ0v) is 18.0. The number of hydrogen-bond donors (Lipinski definition) is 1. The van der Waals surface area contributed by atoms with Crippen LogP contribution in [0.2, 0.25) is 0 Å². The Hall–Kier alpha value is -1.91. The maximum atomic E-state index is 5.50. The predicted octanol–water partition coefficient (Wildman–Crippen LogP) is 5.87. The summed E-state index contributed by atoms with van der Waals surface area (Å²) in [6.07, 6.45) is 5.43. The second-order valence-electron chi connectivity index (χ2n) is 7.81. The van der Waals surface area contributed by atoms with Crippen LogP contribution >= 0.6 is 11.3 Å². The number of nitrogens with zero attached hydrogens (tertiary/aromatic N) is 2. The molecule has 150 valence electrons. The van der Waals surface area contributed by atoms with Crippen molar-refractivity contribution in [2.75, 3.05) is 25.4 Å². The number of nitrogen functional groups attached to an aromatic ring is 1. The van der Waals surface area contributed by atoms with Gasteiger partial charge in [-0.25, -0.2) is 4.98 Å². The topological polar surface area (TPSA) is 42.1 Å². The van der Waals surface area contributed by atoms with Crippen LogP contribution in [0.3, 0.4) is 0 Å². The van der Waals surface area contributed by atoms with E-state index in [1.165, 1.54) is 62.2 Å². The largest absolute Gasteiger partial charge is 0.375 e. The molecule has 4 heteroatoms. The predicted molar refractivity (Wildman–Crippen MR) is 123 cm³/mol. The maximum Gasteiger partial charge on any atom is 0.181 e. The summed E-state index contributed by atoms with van der Waals surface area (Å²) < 4.78 is 1.15. The highest BCUT2D eigenvalue weighted by atomic mass is 32.1. The van der Waals surface area contributed by atoms with Gasteiger partial charge in [0.15, 0.2) is 5.13 Å². The van der Waals surface area contributed by atoms with E-state index < -0.39 is 0 Å². The van der Waals surface area contributed by atoms with Gasteiger partial charge in [-0.15, -0.1) is 0 Å². The Morgan fingerprint density at radius 1 is 1.00 bits per heavy atom. The number of hydrogen-bond acceptors (Lipinski definition) is 4. The normalized spacial score (nSPS) is 22.7. The Bertz CT molecular complexity index is 789. The Kier molecular flexibility index (Phi) is 7.87. The molecule has 3 saturated heterocycles. The number of piperidine rings is 3. The molecule has 4 heterocycles. The van der Waals surface area contributed by atoms with Crippen molar-refractivity contribution in [3.63, 3.8) is 0 Å². The standard InChI is InChI=1S/C14H19N.C7H6N2S.C3H8/c1-2-4-12(5-3-1)10-14-11-15-8-6-13(14)7-9-15;8-7-9-5-3-1-2-4-6(5)10-7;1-3-2/h1-5,13-14H,6-11H2;1-4H,(H2,8,9);3H2,1-2H3/t14-;;/m0../s1. The van der Waals surface area contributed by atoms with Gasteiger partial charge < -0.3 is 10.6 Å². The zero-order valence-electron chi connectivity index (χ0n) is 17.2. The molecule has 1 aromatic heterocycles. The number of benzene rings is 2. The average Bonchev–Trinajstić information content (AvgIpc) is 3.11. The van der Waals surface area contributed by atoms with Crippen LogP contribution in [0, 0.1) is 11.8 Å². The van der Waals surface area contributed by atoms with Crippen molar-refractivity contribution < 1.29 is 0 Å². The second-order valence-corrected chi connectivity index (χ2v) is 8.88. The average molecular weight is 396 g/mol. The highest BCUT2D eigenvalue weighted by molar-refractivity contribution is 7.22. The van der Waals surface area contributed by atoms with Crippen LogP contribution in [0.4, 0.5) is 5.13 Å². The van der Waals surface area contributed by atoms with Gasteiger partial charge in [0.25, 0.3) is 0 Å². The molecule has 1 atom stereocenters. The molecule has 3 fully saturated rings. The first kappa shape index (κ1) is 20.8. The highest BCUT2D eigenvalue weighted by Crippen LogP contribution is 2.34. The minimum absolute atomic E-state index is 0.640. The van der Waals surface area contributed by atoms with Gasteiger partial charge in [-0.1, -0.05) is 74.1 Å². The van der Waals surface area contributed by atoms with Crippen molar-refractivity contribution in [3.8, 4) is 0 Å². The summed E-state index contributed by atoms with van der Waals surface area (Å²) in [6, 6.07) is 18.9. The molecule has 3 aliphatic rings. The Labute approximate surface area is 173 Å². The van der Waals surface area contributed by atoms with Gasteiger partial charge in [-0.05, 0) is 61.9 Å². The lowest BCUT2D eigenvalue weighted by Gasteiger charge is -2.45. The summed E-state index contributed by atoms with van der Waals surface area (Å²) in [7, 11) is 0. The third-order valence-corrected chi connectivity index (χ3v) is 6.31. The minimum atomic E-state index is 0.640. The number of aromatic nitrogens is 1. The highest BCUT2D eigenvalue weighted by Gasteiger charge is 2.33. The summed E-state index contributed by atoms with van der Waals surface area (Å²) >= 11 is 1.52. The Morgan fingerprint density at radius 3 is 2.25 bits per heavy atom. The summed E-state index contributed by atoms with van der Waals surface area (Å²) in [4.78, 5) is 6.76. The molecule has 2 N–H and O–H groups in total. The smallest absolute Gasteiger partial charge is 0.181 e. The van der Waals surface area contributed by atoms with Gasteiger partial charge in [0.2, 0.25) is 0 Å². The molecular weight excluding hydrogens is 362 g/mol. The third-order valence-electron chi connectivity index (χ3n) is 5.44. The van der Waals surface area contributed by atoms with Gasteiger partial charge in [0, 0.05) is 6.54 Å². The molecule has 0 aliphatic carbocycles. The fourth-order valence-corrected chi connectivity index (χ4v) is 4.86. The molecule has 3 aromatic rings. The van der Waals surface area contributed by atoms with Crippen molar-refractivity contribution in [1.29, 1.82) is 0 Å². The van der Waals surface area contributed by atoms with E-state index in [4.69, 9.17) is 5.73 Å². The molecule has 2 aromatic carbocycles. The van der Waals surface area contributed by atoms with Crippen LogP contribution < -0.4 is 5.73 Å². The monoisotopic (exact) mass is 395 g/mol. The quantitative estimate of drug-likeness (QED) is 0.590. The maximum absolute atomic E-state index is 5.50. The lowest BCUT2D eigenvalue weighted by Crippen LogP contribution is -2.48. The number of rotatable bonds is 2. The van der Waals surface area contributed by atoms with E-state index >= 15 is 0 Å². The molecule has 0 saturated carbocycles. The first-order chi connectivity index (χ1) is 13.7. The number of fused-ring (bicyclic) bond motifs is 4. The molecule has 0 unspecified atom stereocenters. The number of anilines is 1. The van der Waals surface area contributed by atoms with Gasteiger partial charge in [0.1, 0.15) is 0 Å². The van der Waals surface area contributed by atoms with E-state index in [0.29, 0.717) is 5.13 Å².